The number of hydrogen-bond donors (Lipinski definition) is 1. The van der Waals surface area contributed by atoms with E-state index in [9.17, 15) is 0 Å². The van der Waals surface area contributed by atoms with Gasteiger partial charge in [-0.1, -0.05) is 13.3 Å². The van der Waals surface area contributed by atoms with Gasteiger partial charge in [0.05, 0.1) is 12.8 Å². The Bertz CT molecular complexity index is 339. The van der Waals surface area contributed by atoms with E-state index in [1.807, 2.05) is 0 Å². The van der Waals surface area contributed by atoms with E-state index in [0.29, 0.717) is 0 Å². The van der Waals surface area contributed by atoms with Crippen LogP contribution >= 0.6 is 0 Å². The van der Waals surface area contributed by atoms with Crippen molar-refractivity contribution in [2.75, 3.05) is 13.6 Å². The molecule has 1 aromatic heterocycles. The Morgan fingerprint density at radius 2 is 2.06 bits per heavy atom. The van der Waals surface area contributed by atoms with E-state index in [4.69, 9.17) is 4.42 Å². The summed E-state index contributed by atoms with van der Waals surface area (Å²) in [7, 11) is 2.15. The van der Waals surface area contributed by atoms with E-state index in [1.54, 1.807) is 6.26 Å². The Hall–Kier alpha value is -0.800. The maximum Gasteiger partial charge on any atom is 0.122 e. The van der Waals surface area contributed by atoms with Gasteiger partial charge in [0, 0.05) is 17.6 Å². The normalized spacial score (nSPS) is 12.3. The molecular weight excluding hydrogens is 224 g/mol. The predicted molar refractivity (Wildman–Crippen MR) is 76.5 cm³/mol. The smallest absolute Gasteiger partial charge is 0.122 e. The van der Waals surface area contributed by atoms with Gasteiger partial charge in [0.2, 0.25) is 0 Å². The highest BCUT2D eigenvalue weighted by molar-refractivity contribution is 5.17. The third kappa shape index (κ3) is 5.69. The Balaban J connectivity index is 2.49. The second kappa shape index (κ2) is 6.95. The Morgan fingerprint density at radius 3 is 2.67 bits per heavy atom. The zero-order valence-electron chi connectivity index (χ0n) is 12.5. The molecule has 18 heavy (non-hydrogen) atoms. The van der Waals surface area contributed by atoms with Gasteiger partial charge in [-0.15, -0.1) is 0 Å². The van der Waals surface area contributed by atoms with Crippen molar-refractivity contribution in [1.29, 1.82) is 0 Å². The zero-order chi connectivity index (χ0) is 13.6. The molecule has 0 amide bonds. The van der Waals surface area contributed by atoms with Crippen molar-refractivity contribution in [3.8, 4) is 0 Å². The molecule has 0 aliphatic carbocycles. The van der Waals surface area contributed by atoms with Gasteiger partial charge in [-0.05, 0) is 46.9 Å². The van der Waals surface area contributed by atoms with E-state index in [1.165, 1.54) is 18.4 Å². The summed E-state index contributed by atoms with van der Waals surface area (Å²) in [6, 6.07) is 2.07. The minimum absolute atomic E-state index is 0.142. The molecule has 0 atom stereocenters. The highest BCUT2D eigenvalue weighted by atomic mass is 16.3. The third-order valence-electron chi connectivity index (χ3n) is 2.95. The summed E-state index contributed by atoms with van der Waals surface area (Å²) >= 11 is 0. The van der Waals surface area contributed by atoms with E-state index in [-0.39, 0.29) is 5.54 Å². The molecule has 0 radical (unpaired) electrons. The van der Waals surface area contributed by atoms with Crippen LogP contribution in [0.25, 0.3) is 0 Å². The van der Waals surface area contributed by atoms with Crippen molar-refractivity contribution >= 4 is 0 Å². The minimum atomic E-state index is 0.142. The SMILES string of the molecule is CCCCN(C)Cc1occc1CNC(C)(C)C. The van der Waals surface area contributed by atoms with Gasteiger partial charge in [0.15, 0.2) is 0 Å². The summed E-state index contributed by atoms with van der Waals surface area (Å²) in [5, 5.41) is 3.50. The number of unbranched alkanes of at least 4 members (excludes halogenated alkanes) is 1. The van der Waals surface area contributed by atoms with E-state index < -0.39 is 0 Å². The van der Waals surface area contributed by atoms with Crippen LogP contribution in [-0.4, -0.2) is 24.0 Å². The lowest BCUT2D eigenvalue weighted by Crippen LogP contribution is -2.35. The molecule has 0 saturated heterocycles. The number of nitrogens with one attached hydrogen (secondary N) is 1. The molecule has 0 aliphatic heterocycles. The van der Waals surface area contributed by atoms with Crippen LogP contribution in [0.3, 0.4) is 0 Å². The molecule has 0 bridgehead atoms. The lowest BCUT2D eigenvalue weighted by molar-refractivity contribution is 0.288. The van der Waals surface area contributed by atoms with Crippen LogP contribution in [0, 0.1) is 0 Å². The molecule has 0 fully saturated rings. The molecule has 1 N–H and O–H groups in total. The van der Waals surface area contributed by atoms with Crippen molar-refractivity contribution in [1.82, 2.24) is 10.2 Å². The minimum Gasteiger partial charge on any atom is -0.468 e. The molecular formula is C15H28N2O. The second-order valence-electron chi connectivity index (χ2n) is 6.06. The van der Waals surface area contributed by atoms with Crippen LogP contribution in [-0.2, 0) is 13.1 Å². The Kier molecular flexibility index (Phi) is 5.89. The van der Waals surface area contributed by atoms with Crippen LogP contribution in [0.4, 0.5) is 0 Å². The maximum atomic E-state index is 5.60. The van der Waals surface area contributed by atoms with Gasteiger partial charge in [0.1, 0.15) is 5.76 Å². The van der Waals surface area contributed by atoms with Crippen molar-refractivity contribution in [3.05, 3.63) is 23.7 Å². The first-order valence-corrected chi connectivity index (χ1v) is 6.91. The summed E-state index contributed by atoms with van der Waals surface area (Å²) < 4.78 is 5.60. The molecule has 0 aromatic carbocycles. The molecule has 3 nitrogen and oxygen atoms in total. The first kappa shape index (κ1) is 15.3. The number of hydrogen-bond acceptors (Lipinski definition) is 3. The standard InChI is InChI=1S/C15H28N2O/c1-6-7-9-17(5)12-14-13(8-10-18-14)11-16-15(2,3)4/h8,10,16H,6-7,9,11-12H2,1-5H3. The van der Waals surface area contributed by atoms with Crippen LogP contribution in [0.5, 0.6) is 0 Å². The predicted octanol–water partition coefficient (Wildman–Crippen LogP) is 3.40. The van der Waals surface area contributed by atoms with Gasteiger partial charge in [0.25, 0.3) is 0 Å². The van der Waals surface area contributed by atoms with Crippen molar-refractivity contribution < 1.29 is 4.42 Å². The lowest BCUT2D eigenvalue weighted by Gasteiger charge is -2.21. The highest BCUT2D eigenvalue weighted by Crippen LogP contribution is 2.14. The first-order chi connectivity index (χ1) is 8.42. The molecule has 1 aromatic rings. The zero-order valence-corrected chi connectivity index (χ0v) is 12.5. The fraction of sp³-hybridized carbons (Fsp3) is 0.733. The molecule has 0 spiro atoms. The van der Waals surface area contributed by atoms with Crippen LogP contribution in [0.1, 0.15) is 51.9 Å². The fourth-order valence-electron chi connectivity index (χ4n) is 1.78. The molecule has 0 aliphatic rings. The largest absolute Gasteiger partial charge is 0.468 e. The van der Waals surface area contributed by atoms with Gasteiger partial charge in [-0.3, -0.25) is 4.90 Å². The first-order valence-electron chi connectivity index (χ1n) is 6.91. The third-order valence-corrected chi connectivity index (χ3v) is 2.95. The van der Waals surface area contributed by atoms with E-state index in [0.717, 1.165) is 25.4 Å². The Morgan fingerprint density at radius 1 is 1.33 bits per heavy atom. The highest BCUT2D eigenvalue weighted by Gasteiger charge is 2.13. The summed E-state index contributed by atoms with van der Waals surface area (Å²) in [6.45, 7) is 11.7. The monoisotopic (exact) mass is 252 g/mol. The average molecular weight is 252 g/mol. The van der Waals surface area contributed by atoms with E-state index in [2.05, 4.69) is 51.0 Å². The van der Waals surface area contributed by atoms with Crippen LogP contribution < -0.4 is 5.32 Å². The summed E-state index contributed by atoms with van der Waals surface area (Å²) in [4.78, 5) is 2.32. The molecule has 0 unspecified atom stereocenters. The fourth-order valence-corrected chi connectivity index (χ4v) is 1.78. The van der Waals surface area contributed by atoms with E-state index >= 15 is 0 Å². The molecule has 0 saturated carbocycles. The summed E-state index contributed by atoms with van der Waals surface area (Å²) in [5.74, 6) is 1.09. The molecule has 104 valence electrons. The van der Waals surface area contributed by atoms with Crippen molar-refractivity contribution in [2.45, 2.75) is 59.2 Å². The van der Waals surface area contributed by atoms with Gasteiger partial charge in [-0.2, -0.15) is 0 Å². The number of nitrogens with zero attached hydrogens (tertiary/aromatic N) is 1. The quantitative estimate of drug-likeness (QED) is 0.806. The van der Waals surface area contributed by atoms with Crippen molar-refractivity contribution in [2.24, 2.45) is 0 Å². The number of rotatable bonds is 7. The maximum absolute atomic E-state index is 5.60. The summed E-state index contributed by atoms with van der Waals surface area (Å²) in [5.41, 5.74) is 1.41. The van der Waals surface area contributed by atoms with Crippen molar-refractivity contribution in [3.63, 3.8) is 0 Å². The van der Waals surface area contributed by atoms with Gasteiger partial charge >= 0.3 is 0 Å². The van der Waals surface area contributed by atoms with Crippen LogP contribution in [0.15, 0.2) is 16.7 Å². The molecule has 1 rings (SSSR count). The van der Waals surface area contributed by atoms with Crippen LogP contribution in [0.2, 0.25) is 0 Å². The van der Waals surface area contributed by atoms with Gasteiger partial charge < -0.3 is 9.73 Å². The molecule has 1 heterocycles. The average Bonchev–Trinajstić information content (AvgIpc) is 2.70. The molecule has 3 heteroatoms. The Labute approximate surface area is 112 Å². The number of furan rings is 1. The van der Waals surface area contributed by atoms with Gasteiger partial charge in [-0.25, -0.2) is 0 Å². The lowest BCUT2D eigenvalue weighted by atomic mass is 10.1. The second-order valence-corrected chi connectivity index (χ2v) is 6.06. The topological polar surface area (TPSA) is 28.4 Å². The summed E-state index contributed by atoms with van der Waals surface area (Å²) in [6.07, 6.45) is 4.27.